The zero-order valence-corrected chi connectivity index (χ0v) is 23.3. The predicted molar refractivity (Wildman–Crippen MR) is 156 cm³/mol. The van der Waals surface area contributed by atoms with Crippen molar-refractivity contribution in [2.45, 2.75) is 19.9 Å². The standard InChI is InChI=1S/C27H22Cl2N4.CH4O3S/c1-17(2)30-24-16-27-25(15-23(24)31-20-11-7-18(28)8-12-20)32-22-5-3-4-6-26(22)33(27)21-13-9-19(29)10-14-21;1-5(2,3)4/h3-17,31H,1-2H3;1H3,(H,2,3,4)/b30-24+;. The molecule has 196 valence electrons. The molecule has 2 N–H and O–H groups in total. The minimum atomic E-state index is -3.67. The maximum Gasteiger partial charge on any atom is 0.261 e. The Morgan fingerprint density at radius 1 is 0.921 bits per heavy atom. The fourth-order valence-electron chi connectivity index (χ4n) is 3.88. The van der Waals surface area contributed by atoms with E-state index in [-0.39, 0.29) is 6.04 Å². The molecule has 0 radical (unpaired) electrons. The Labute approximate surface area is 231 Å². The smallest absolute Gasteiger partial charge is 0.261 e. The van der Waals surface area contributed by atoms with Gasteiger partial charge in [0, 0.05) is 27.5 Å². The molecule has 10 heteroatoms. The maximum atomic E-state index is 9.19. The lowest BCUT2D eigenvalue weighted by molar-refractivity contribution is 0.490. The molecular formula is C28H26Cl2N4O3S. The van der Waals surface area contributed by atoms with Crippen molar-refractivity contribution < 1.29 is 13.0 Å². The molecule has 0 spiro atoms. The Balaban J connectivity index is 0.000000617. The molecule has 1 aliphatic heterocycles. The monoisotopic (exact) mass is 568 g/mol. The van der Waals surface area contributed by atoms with Gasteiger partial charge in [-0.15, -0.1) is 0 Å². The molecule has 3 aromatic carbocycles. The lowest BCUT2D eigenvalue weighted by Gasteiger charge is -2.20. The van der Waals surface area contributed by atoms with Crippen molar-refractivity contribution in [2.75, 3.05) is 11.6 Å². The van der Waals surface area contributed by atoms with E-state index in [9.17, 15) is 8.42 Å². The molecular weight excluding hydrogens is 543 g/mol. The number of aromatic nitrogens is 2. The molecule has 1 aliphatic carbocycles. The van der Waals surface area contributed by atoms with E-state index in [1.807, 2.05) is 66.7 Å². The van der Waals surface area contributed by atoms with Crippen molar-refractivity contribution in [1.29, 1.82) is 0 Å². The van der Waals surface area contributed by atoms with Gasteiger partial charge in [-0.3, -0.25) is 9.55 Å². The Bertz CT molecular complexity index is 1710. The van der Waals surface area contributed by atoms with Crippen molar-refractivity contribution in [2.24, 2.45) is 4.99 Å². The minimum Gasteiger partial charge on any atom is -0.354 e. The summed E-state index contributed by atoms with van der Waals surface area (Å²) >= 11 is 12.2. The van der Waals surface area contributed by atoms with Gasteiger partial charge in [-0.25, -0.2) is 4.98 Å². The van der Waals surface area contributed by atoms with Gasteiger partial charge in [0.1, 0.15) is 0 Å². The molecule has 0 saturated heterocycles. The summed E-state index contributed by atoms with van der Waals surface area (Å²) in [4.78, 5) is 9.87. The third kappa shape index (κ3) is 7.11. The number of hydrogen-bond donors (Lipinski definition) is 2. The number of nitrogens with zero attached hydrogens (tertiary/aromatic N) is 3. The number of anilines is 2. The van der Waals surface area contributed by atoms with Crippen LogP contribution in [0.3, 0.4) is 0 Å². The van der Waals surface area contributed by atoms with Crippen molar-refractivity contribution in [3.8, 4) is 17.1 Å². The van der Waals surface area contributed by atoms with Crippen LogP contribution in [0.4, 0.5) is 11.4 Å². The van der Waals surface area contributed by atoms with E-state index in [1.165, 1.54) is 0 Å². The number of nitrogens with one attached hydrogen (secondary N) is 1. The Hall–Kier alpha value is -3.43. The van der Waals surface area contributed by atoms with Crippen LogP contribution in [0, 0.1) is 0 Å². The average molecular weight is 570 g/mol. The molecule has 3 aromatic rings. The Morgan fingerprint density at radius 2 is 1.50 bits per heavy atom. The lowest BCUT2D eigenvalue weighted by Crippen LogP contribution is -2.16. The van der Waals surface area contributed by atoms with Gasteiger partial charge in [-0.05, 0) is 86.6 Å². The van der Waals surface area contributed by atoms with E-state index in [2.05, 4.69) is 41.9 Å². The summed E-state index contributed by atoms with van der Waals surface area (Å²) in [5.41, 5.74) is 6.60. The van der Waals surface area contributed by atoms with Crippen LogP contribution in [0.5, 0.6) is 0 Å². The predicted octanol–water partition coefficient (Wildman–Crippen LogP) is 6.99. The van der Waals surface area contributed by atoms with Crippen molar-refractivity contribution in [3.05, 3.63) is 100 Å². The highest BCUT2D eigenvalue weighted by molar-refractivity contribution is 7.85. The van der Waals surface area contributed by atoms with Crippen LogP contribution in [0.15, 0.2) is 89.9 Å². The van der Waals surface area contributed by atoms with E-state index in [0.717, 1.165) is 44.8 Å². The molecule has 7 nitrogen and oxygen atoms in total. The van der Waals surface area contributed by atoms with Crippen molar-refractivity contribution in [3.63, 3.8) is 0 Å². The molecule has 0 aromatic heterocycles. The van der Waals surface area contributed by atoms with Gasteiger partial charge in [0.05, 0.1) is 39.7 Å². The number of para-hydroxylation sites is 2. The summed E-state index contributed by atoms with van der Waals surface area (Å²) in [7, 11) is -3.67. The largest absolute Gasteiger partial charge is 0.354 e. The lowest BCUT2D eigenvalue weighted by atomic mass is 10.1. The summed E-state index contributed by atoms with van der Waals surface area (Å²) in [5, 5.41) is 5.76. The molecule has 0 amide bonds. The summed E-state index contributed by atoms with van der Waals surface area (Å²) in [5.74, 6) is 0. The van der Waals surface area contributed by atoms with Gasteiger partial charge in [-0.1, -0.05) is 35.3 Å². The normalized spacial score (nSPS) is 12.0. The zero-order chi connectivity index (χ0) is 27.4. The molecule has 0 atom stereocenters. The maximum absolute atomic E-state index is 9.19. The first-order valence-electron chi connectivity index (χ1n) is 11.7. The molecule has 2 aliphatic rings. The first-order chi connectivity index (χ1) is 18.0. The second-order valence-corrected chi connectivity index (χ2v) is 11.2. The van der Waals surface area contributed by atoms with Gasteiger partial charge in [-0.2, -0.15) is 8.42 Å². The van der Waals surface area contributed by atoms with Crippen LogP contribution < -0.4 is 10.7 Å². The third-order valence-electron chi connectivity index (χ3n) is 5.30. The molecule has 1 heterocycles. The highest BCUT2D eigenvalue weighted by atomic mass is 35.5. The Kier molecular flexibility index (Phi) is 8.38. The van der Waals surface area contributed by atoms with Gasteiger partial charge in [0.15, 0.2) is 0 Å². The van der Waals surface area contributed by atoms with Crippen LogP contribution in [0.2, 0.25) is 10.0 Å². The van der Waals surface area contributed by atoms with Crippen molar-refractivity contribution >= 4 is 55.7 Å². The molecule has 0 unspecified atom stereocenters. The fourth-order valence-corrected chi connectivity index (χ4v) is 4.14. The molecule has 0 bridgehead atoms. The summed E-state index contributed by atoms with van der Waals surface area (Å²) in [6, 6.07) is 27.9. The number of hydrogen-bond acceptors (Lipinski definition) is 5. The topological polar surface area (TPSA) is 96.6 Å². The highest BCUT2D eigenvalue weighted by Gasteiger charge is 2.16. The van der Waals surface area contributed by atoms with E-state index in [4.69, 9.17) is 37.7 Å². The Morgan fingerprint density at radius 3 is 2.11 bits per heavy atom. The minimum absolute atomic E-state index is 0.130. The number of fused-ring (bicyclic) bond motifs is 2. The molecule has 38 heavy (non-hydrogen) atoms. The van der Waals surface area contributed by atoms with Gasteiger partial charge in [0.25, 0.3) is 10.1 Å². The first kappa shape index (κ1) is 27.6. The molecule has 5 rings (SSSR count). The SMILES string of the molecule is CC(C)/N=c1\cc2n(-c3ccc(Cl)cc3)c3ccccc3nc-2cc1Nc1ccc(Cl)cc1.CS(=O)(=O)O. The van der Waals surface area contributed by atoms with E-state index in [1.54, 1.807) is 0 Å². The second kappa shape index (κ2) is 11.5. The zero-order valence-electron chi connectivity index (χ0n) is 20.9. The van der Waals surface area contributed by atoms with E-state index < -0.39 is 10.1 Å². The number of benzene rings is 4. The second-order valence-electron chi connectivity index (χ2n) is 8.86. The summed E-state index contributed by atoms with van der Waals surface area (Å²) < 4.78 is 28.1. The van der Waals surface area contributed by atoms with Crippen LogP contribution in [-0.2, 0) is 10.1 Å². The van der Waals surface area contributed by atoms with E-state index in [0.29, 0.717) is 16.3 Å². The number of halogens is 2. The number of rotatable bonds is 4. The van der Waals surface area contributed by atoms with Crippen LogP contribution in [0.1, 0.15) is 13.8 Å². The van der Waals surface area contributed by atoms with Gasteiger partial charge < -0.3 is 9.88 Å². The fraction of sp³-hybridized carbons (Fsp3) is 0.143. The molecule has 0 saturated carbocycles. The summed E-state index contributed by atoms with van der Waals surface area (Å²) in [6.07, 6.45) is 0.715. The van der Waals surface area contributed by atoms with E-state index >= 15 is 0 Å². The molecule has 0 fully saturated rings. The van der Waals surface area contributed by atoms with Gasteiger partial charge >= 0.3 is 0 Å². The first-order valence-corrected chi connectivity index (χ1v) is 14.3. The van der Waals surface area contributed by atoms with Crippen LogP contribution in [0.25, 0.3) is 28.1 Å². The van der Waals surface area contributed by atoms with Crippen LogP contribution in [-0.4, -0.2) is 34.8 Å². The van der Waals surface area contributed by atoms with Gasteiger partial charge in [0.2, 0.25) is 0 Å². The quantitative estimate of drug-likeness (QED) is 0.180. The third-order valence-corrected chi connectivity index (χ3v) is 5.81. The highest BCUT2D eigenvalue weighted by Crippen LogP contribution is 2.31. The van der Waals surface area contributed by atoms with Crippen molar-refractivity contribution in [1.82, 2.24) is 9.55 Å². The summed E-state index contributed by atoms with van der Waals surface area (Å²) in [6.45, 7) is 4.14. The average Bonchev–Trinajstić information content (AvgIpc) is 2.84. The van der Waals surface area contributed by atoms with Crippen LogP contribution >= 0.6 is 23.2 Å².